The van der Waals surface area contributed by atoms with Crippen molar-refractivity contribution >= 4 is 21.6 Å². The molecule has 0 saturated carbocycles. The molecule has 3 rings (SSSR count). The van der Waals surface area contributed by atoms with Crippen LogP contribution in [0.2, 0.25) is 0 Å². The lowest BCUT2D eigenvalue weighted by molar-refractivity contribution is -0.119. The smallest absolute Gasteiger partial charge is 0.264 e. The van der Waals surface area contributed by atoms with Gasteiger partial charge >= 0.3 is 0 Å². The van der Waals surface area contributed by atoms with E-state index in [4.69, 9.17) is 9.47 Å². The number of methoxy groups -OCH3 is 1. The van der Waals surface area contributed by atoms with Crippen molar-refractivity contribution in [3.05, 3.63) is 83.9 Å². The average Bonchev–Trinajstić information content (AvgIpc) is 2.82. The number of hydrogen-bond donors (Lipinski definition) is 1. The number of ether oxygens (including phenoxy) is 2. The van der Waals surface area contributed by atoms with E-state index in [0.29, 0.717) is 23.8 Å². The summed E-state index contributed by atoms with van der Waals surface area (Å²) in [6, 6.07) is 20.5. The third kappa shape index (κ3) is 6.04. The van der Waals surface area contributed by atoms with Gasteiger partial charge in [-0.2, -0.15) is 0 Å². The number of carbonyl (C=O) groups is 1. The lowest BCUT2D eigenvalue weighted by Crippen LogP contribution is -2.40. The highest BCUT2D eigenvalue weighted by atomic mass is 32.2. The first kappa shape index (κ1) is 24.1. The van der Waals surface area contributed by atoms with Gasteiger partial charge in [-0.15, -0.1) is 0 Å². The first-order valence-corrected chi connectivity index (χ1v) is 12.0. The molecule has 0 fully saturated rings. The highest BCUT2D eigenvalue weighted by Gasteiger charge is 2.27. The fourth-order valence-corrected chi connectivity index (χ4v) is 4.68. The Morgan fingerprint density at radius 1 is 0.970 bits per heavy atom. The van der Waals surface area contributed by atoms with Crippen molar-refractivity contribution in [2.75, 3.05) is 24.6 Å². The van der Waals surface area contributed by atoms with E-state index in [-0.39, 0.29) is 18.0 Å². The quantitative estimate of drug-likeness (QED) is 0.488. The molecule has 0 saturated heterocycles. The fraction of sp³-hybridized carbons (Fsp3) is 0.240. The maximum Gasteiger partial charge on any atom is 0.264 e. The van der Waals surface area contributed by atoms with Gasteiger partial charge in [0.15, 0.2) is 0 Å². The molecule has 0 aromatic heterocycles. The van der Waals surface area contributed by atoms with Crippen molar-refractivity contribution in [1.82, 2.24) is 5.32 Å². The molecular formula is C25H28N2O5S. The Morgan fingerprint density at radius 2 is 1.64 bits per heavy atom. The van der Waals surface area contributed by atoms with Gasteiger partial charge in [-0.1, -0.05) is 35.9 Å². The van der Waals surface area contributed by atoms with Crippen LogP contribution in [0.4, 0.5) is 5.69 Å². The Balaban J connectivity index is 1.85. The molecule has 0 aliphatic rings. The standard InChI is InChI=1S/C25H28N2O5S/c1-4-32-22-13-15-23(16-14-22)33(29,30)27(21-11-9-19(2)10-12-21)18-25(28)26-17-20-7-5-6-8-24(20)31-3/h5-16H,4,17-18H2,1-3H3,(H,26,28). The maximum absolute atomic E-state index is 13.5. The van der Waals surface area contributed by atoms with E-state index >= 15 is 0 Å². The number of benzene rings is 3. The number of amides is 1. The fourth-order valence-electron chi connectivity index (χ4n) is 3.26. The highest BCUT2D eigenvalue weighted by Crippen LogP contribution is 2.25. The first-order chi connectivity index (χ1) is 15.8. The molecule has 8 heteroatoms. The molecule has 1 N–H and O–H groups in total. The Bertz CT molecular complexity index is 1180. The summed E-state index contributed by atoms with van der Waals surface area (Å²) in [6.07, 6.45) is 0. The highest BCUT2D eigenvalue weighted by molar-refractivity contribution is 7.92. The molecule has 0 spiro atoms. The van der Waals surface area contributed by atoms with Gasteiger partial charge in [-0.3, -0.25) is 9.10 Å². The first-order valence-electron chi connectivity index (χ1n) is 10.6. The molecule has 0 aliphatic carbocycles. The predicted molar refractivity (Wildman–Crippen MR) is 128 cm³/mol. The molecule has 3 aromatic rings. The Labute approximate surface area is 195 Å². The van der Waals surface area contributed by atoms with Crippen LogP contribution in [0.5, 0.6) is 11.5 Å². The summed E-state index contributed by atoms with van der Waals surface area (Å²) >= 11 is 0. The largest absolute Gasteiger partial charge is 0.496 e. The van der Waals surface area contributed by atoms with Crippen LogP contribution in [-0.2, 0) is 21.4 Å². The van der Waals surface area contributed by atoms with Gasteiger partial charge in [-0.25, -0.2) is 8.42 Å². The van der Waals surface area contributed by atoms with Crippen molar-refractivity contribution in [2.45, 2.75) is 25.3 Å². The summed E-state index contributed by atoms with van der Waals surface area (Å²) in [7, 11) is -2.44. The minimum atomic E-state index is -4.00. The van der Waals surface area contributed by atoms with Gasteiger partial charge in [0.25, 0.3) is 10.0 Å². The summed E-state index contributed by atoms with van der Waals surface area (Å²) in [6.45, 7) is 4.10. The summed E-state index contributed by atoms with van der Waals surface area (Å²) in [4.78, 5) is 12.9. The Hall–Kier alpha value is -3.52. The minimum Gasteiger partial charge on any atom is -0.496 e. The third-order valence-electron chi connectivity index (χ3n) is 5.00. The van der Waals surface area contributed by atoms with E-state index in [1.807, 2.05) is 44.2 Å². The van der Waals surface area contributed by atoms with E-state index < -0.39 is 15.9 Å². The number of nitrogens with one attached hydrogen (secondary N) is 1. The molecule has 3 aromatic carbocycles. The number of anilines is 1. The Kier molecular flexibility index (Phi) is 7.95. The summed E-state index contributed by atoms with van der Waals surface area (Å²) in [5.41, 5.74) is 2.18. The summed E-state index contributed by atoms with van der Waals surface area (Å²) in [5.74, 6) is 0.791. The van der Waals surface area contributed by atoms with Gasteiger partial charge in [0.05, 0.1) is 24.3 Å². The van der Waals surface area contributed by atoms with Crippen LogP contribution >= 0.6 is 0 Å². The number of sulfonamides is 1. The number of aryl methyl sites for hydroxylation is 1. The number of para-hydroxylation sites is 1. The van der Waals surface area contributed by atoms with Gasteiger partial charge in [-0.05, 0) is 56.3 Å². The van der Waals surface area contributed by atoms with Gasteiger partial charge < -0.3 is 14.8 Å². The van der Waals surface area contributed by atoms with Gasteiger partial charge in [0, 0.05) is 12.1 Å². The predicted octanol–water partition coefficient (Wildman–Crippen LogP) is 3.91. The van der Waals surface area contributed by atoms with E-state index in [9.17, 15) is 13.2 Å². The topological polar surface area (TPSA) is 84.9 Å². The SMILES string of the molecule is CCOc1ccc(S(=O)(=O)N(CC(=O)NCc2ccccc2OC)c2ccc(C)cc2)cc1. The van der Waals surface area contributed by atoms with Crippen molar-refractivity contribution in [1.29, 1.82) is 0 Å². The number of nitrogens with zero attached hydrogens (tertiary/aromatic N) is 1. The van der Waals surface area contributed by atoms with Crippen LogP contribution < -0.4 is 19.1 Å². The number of carbonyl (C=O) groups excluding carboxylic acids is 1. The molecule has 0 atom stereocenters. The van der Waals surface area contributed by atoms with Crippen LogP contribution in [-0.4, -0.2) is 34.6 Å². The molecular weight excluding hydrogens is 440 g/mol. The molecule has 0 aliphatic heterocycles. The second-order valence-corrected chi connectivity index (χ2v) is 9.20. The monoisotopic (exact) mass is 468 g/mol. The summed E-state index contributed by atoms with van der Waals surface area (Å²) < 4.78 is 38.8. The molecule has 1 amide bonds. The molecule has 7 nitrogen and oxygen atoms in total. The lowest BCUT2D eigenvalue weighted by atomic mass is 10.2. The average molecular weight is 469 g/mol. The van der Waals surface area contributed by atoms with Crippen LogP contribution in [0.1, 0.15) is 18.1 Å². The zero-order valence-corrected chi connectivity index (χ0v) is 19.8. The third-order valence-corrected chi connectivity index (χ3v) is 6.79. The van der Waals surface area contributed by atoms with E-state index in [1.54, 1.807) is 37.4 Å². The van der Waals surface area contributed by atoms with Gasteiger partial charge in [0.2, 0.25) is 5.91 Å². The molecule has 174 valence electrons. The molecule has 0 radical (unpaired) electrons. The zero-order valence-electron chi connectivity index (χ0n) is 18.9. The minimum absolute atomic E-state index is 0.0732. The van der Waals surface area contributed by atoms with Crippen molar-refractivity contribution < 1.29 is 22.7 Å². The number of hydrogen-bond acceptors (Lipinski definition) is 5. The normalized spacial score (nSPS) is 11.0. The van der Waals surface area contributed by atoms with E-state index in [1.165, 1.54) is 12.1 Å². The van der Waals surface area contributed by atoms with Crippen LogP contribution in [0, 0.1) is 6.92 Å². The van der Waals surface area contributed by atoms with Crippen molar-refractivity contribution in [3.8, 4) is 11.5 Å². The lowest BCUT2D eigenvalue weighted by Gasteiger charge is -2.24. The van der Waals surface area contributed by atoms with Crippen LogP contribution in [0.25, 0.3) is 0 Å². The van der Waals surface area contributed by atoms with Crippen molar-refractivity contribution in [2.24, 2.45) is 0 Å². The second kappa shape index (κ2) is 10.9. The second-order valence-electron chi connectivity index (χ2n) is 7.34. The van der Waals surface area contributed by atoms with Crippen LogP contribution in [0.3, 0.4) is 0 Å². The van der Waals surface area contributed by atoms with Gasteiger partial charge in [0.1, 0.15) is 18.0 Å². The zero-order chi connectivity index (χ0) is 23.8. The maximum atomic E-state index is 13.5. The molecule has 33 heavy (non-hydrogen) atoms. The Morgan fingerprint density at radius 3 is 2.27 bits per heavy atom. The van der Waals surface area contributed by atoms with Crippen molar-refractivity contribution in [3.63, 3.8) is 0 Å². The molecule has 0 heterocycles. The molecule has 0 unspecified atom stereocenters. The van der Waals surface area contributed by atoms with E-state index in [0.717, 1.165) is 15.4 Å². The summed E-state index contributed by atoms with van der Waals surface area (Å²) in [5, 5.41) is 2.79. The molecule has 0 bridgehead atoms. The number of rotatable bonds is 10. The van der Waals surface area contributed by atoms with Crippen LogP contribution in [0.15, 0.2) is 77.7 Å². The van der Waals surface area contributed by atoms with E-state index in [2.05, 4.69) is 5.32 Å².